The summed E-state index contributed by atoms with van der Waals surface area (Å²) in [5.74, 6) is -6.36. The lowest BCUT2D eigenvalue weighted by atomic mass is 9.72. The summed E-state index contributed by atoms with van der Waals surface area (Å²) in [6, 6.07) is 11.5. The molecule has 8 heteroatoms. The Hall–Kier alpha value is -2.74. The molecule has 0 unspecified atom stereocenters. The number of fused-ring (bicyclic) bond motifs is 1. The fourth-order valence-electron chi connectivity index (χ4n) is 2.86. The summed E-state index contributed by atoms with van der Waals surface area (Å²) in [5, 5.41) is 12.3. The number of ketones is 1. The standard InChI is InChI=1S/C18H16BF2NO4/c1-11(23)14-9-5-6-12-10-15(19(25)26-16(12)14)22-17(24)18(20,21)13-7-3-2-4-8-13/h2-9,15,25H,10H2,1H3,(H,22,24)/t15-/m0/s1. The predicted octanol–water partition coefficient (Wildman–Crippen LogP) is 2.12. The van der Waals surface area contributed by atoms with Crippen molar-refractivity contribution in [3.05, 3.63) is 65.2 Å². The van der Waals surface area contributed by atoms with Gasteiger partial charge in [0.15, 0.2) is 5.78 Å². The van der Waals surface area contributed by atoms with Gasteiger partial charge in [-0.25, -0.2) is 0 Å². The number of rotatable bonds is 4. The zero-order valence-corrected chi connectivity index (χ0v) is 13.9. The van der Waals surface area contributed by atoms with Gasteiger partial charge in [0, 0.05) is 5.56 Å². The molecular formula is C18H16BF2NO4. The number of amides is 1. The van der Waals surface area contributed by atoms with Crippen LogP contribution in [0.2, 0.25) is 0 Å². The Morgan fingerprint density at radius 1 is 1.19 bits per heavy atom. The molecule has 1 atom stereocenters. The van der Waals surface area contributed by atoms with Crippen molar-refractivity contribution in [2.45, 2.75) is 25.2 Å². The van der Waals surface area contributed by atoms with E-state index in [9.17, 15) is 23.4 Å². The van der Waals surface area contributed by atoms with Gasteiger partial charge in [-0.15, -0.1) is 0 Å². The molecule has 1 heterocycles. The van der Waals surface area contributed by atoms with E-state index >= 15 is 0 Å². The van der Waals surface area contributed by atoms with Gasteiger partial charge in [-0.2, -0.15) is 8.78 Å². The lowest BCUT2D eigenvalue weighted by molar-refractivity contribution is -0.147. The lowest BCUT2D eigenvalue weighted by Crippen LogP contribution is -2.56. The SMILES string of the molecule is CC(=O)c1cccc2c1OB(O)[C@@H](NC(=O)C(F)(F)c1ccccc1)C2. The molecule has 0 aromatic heterocycles. The van der Waals surface area contributed by atoms with Crippen molar-refractivity contribution in [1.82, 2.24) is 5.32 Å². The topological polar surface area (TPSA) is 75.6 Å². The quantitative estimate of drug-likeness (QED) is 0.648. The van der Waals surface area contributed by atoms with E-state index in [2.05, 4.69) is 5.32 Å². The zero-order chi connectivity index (χ0) is 18.9. The summed E-state index contributed by atoms with van der Waals surface area (Å²) in [6.45, 7) is 1.36. The number of hydrogen-bond acceptors (Lipinski definition) is 4. The molecule has 26 heavy (non-hydrogen) atoms. The second-order valence-electron chi connectivity index (χ2n) is 6.08. The number of carbonyl (C=O) groups excluding carboxylic acids is 2. The smallest absolute Gasteiger partial charge is 0.534 e. The molecule has 0 saturated carbocycles. The maximum absolute atomic E-state index is 14.3. The van der Waals surface area contributed by atoms with Gasteiger partial charge in [0.25, 0.3) is 5.91 Å². The molecule has 0 saturated heterocycles. The Balaban J connectivity index is 1.80. The monoisotopic (exact) mass is 359 g/mol. The van der Waals surface area contributed by atoms with Gasteiger partial charge in [-0.1, -0.05) is 42.5 Å². The van der Waals surface area contributed by atoms with Crippen LogP contribution in [0.5, 0.6) is 5.75 Å². The summed E-state index contributed by atoms with van der Waals surface area (Å²) in [6.07, 6.45) is 0.0637. The van der Waals surface area contributed by atoms with E-state index in [1.54, 1.807) is 24.3 Å². The third-order valence-corrected chi connectivity index (χ3v) is 4.24. The van der Waals surface area contributed by atoms with Gasteiger partial charge in [-0.3, -0.25) is 9.59 Å². The first-order chi connectivity index (χ1) is 12.3. The molecule has 2 N–H and O–H groups in total. The van der Waals surface area contributed by atoms with E-state index in [1.165, 1.54) is 19.1 Å². The molecule has 0 spiro atoms. The summed E-state index contributed by atoms with van der Waals surface area (Å²) in [5.41, 5.74) is 0.403. The van der Waals surface area contributed by atoms with Crippen molar-refractivity contribution in [2.75, 3.05) is 0 Å². The minimum absolute atomic E-state index is 0.0637. The molecule has 0 aliphatic carbocycles. The third kappa shape index (κ3) is 3.32. The van der Waals surface area contributed by atoms with Crippen LogP contribution in [-0.4, -0.2) is 29.8 Å². The van der Waals surface area contributed by atoms with Gasteiger partial charge >= 0.3 is 13.0 Å². The van der Waals surface area contributed by atoms with E-state index < -0.39 is 30.5 Å². The molecule has 5 nitrogen and oxygen atoms in total. The zero-order valence-electron chi connectivity index (χ0n) is 13.9. The first-order valence-electron chi connectivity index (χ1n) is 8.02. The van der Waals surface area contributed by atoms with Gasteiger partial charge in [0.05, 0.1) is 11.5 Å². The predicted molar refractivity (Wildman–Crippen MR) is 91.0 cm³/mol. The van der Waals surface area contributed by atoms with E-state index in [4.69, 9.17) is 4.65 Å². The van der Waals surface area contributed by atoms with Crippen LogP contribution < -0.4 is 9.97 Å². The van der Waals surface area contributed by atoms with Gasteiger partial charge in [0.1, 0.15) is 5.75 Å². The Labute approximate surface area is 149 Å². The van der Waals surface area contributed by atoms with Crippen LogP contribution in [-0.2, 0) is 17.1 Å². The molecule has 134 valence electrons. The number of benzene rings is 2. The summed E-state index contributed by atoms with van der Waals surface area (Å²) in [7, 11) is -1.54. The minimum atomic E-state index is -3.75. The maximum Gasteiger partial charge on any atom is 0.547 e. The number of nitrogens with one attached hydrogen (secondary N) is 1. The van der Waals surface area contributed by atoms with Crippen molar-refractivity contribution in [3.8, 4) is 5.75 Å². The van der Waals surface area contributed by atoms with Crippen molar-refractivity contribution in [2.24, 2.45) is 0 Å². The fraction of sp³-hybridized carbons (Fsp3) is 0.222. The number of Topliss-reactive ketones (excluding diaryl/α,β-unsaturated/α-hetero) is 1. The van der Waals surface area contributed by atoms with Crippen LogP contribution in [0.25, 0.3) is 0 Å². The third-order valence-electron chi connectivity index (χ3n) is 4.24. The van der Waals surface area contributed by atoms with Crippen LogP contribution in [0.3, 0.4) is 0 Å². The molecule has 0 radical (unpaired) electrons. The van der Waals surface area contributed by atoms with Crippen LogP contribution >= 0.6 is 0 Å². The summed E-state index contributed by atoms with van der Waals surface area (Å²) >= 11 is 0. The Morgan fingerprint density at radius 3 is 2.54 bits per heavy atom. The maximum atomic E-state index is 14.3. The number of alkyl halides is 2. The summed E-state index contributed by atoms with van der Waals surface area (Å²) < 4.78 is 34.0. The van der Waals surface area contributed by atoms with Crippen molar-refractivity contribution in [1.29, 1.82) is 0 Å². The molecule has 1 amide bonds. The lowest BCUT2D eigenvalue weighted by Gasteiger charge is -2.30. The second kappa shape index (κ2) is 6.88. The minimum Gasteiger partial charge on any atom is -0.534 e. The highest BCUT2D eigenvalue weighted by molar-refractivity contribution is 6.47. The molecule has 0 fully saturated rings. The van der Waals surface area contributed by atoms with Gasteiger partial charge in [-0.05, 0) is 25.0 Å². The summed E-state index contributed by atoms with van der Waals surface area (Å²) in [4.78, 5) is 23.7. The molecule has 3 rings (SSSR count). The van der Waals surface area contributed by atoms with Gasteiger partial charge in [0.2, 0.25) is 0 Å². The second-order valence-corrected chi connectivity index (χ2v) is 6.08. The first-order valence-corrected chi connectivity index (χ1v) is 8.02. The molecule has 0 bridgehead atoms. The average Bonchev–Trinajstić information content (AvgIpc) is 2.62. The molecule has 2 aromatic carbocycles. The van der Waals surface area contributed by atoms with E-state index in [-0.39, 0.29) is 18.0 Å². The Morgan fingerprint density at radius 2 is 1.88 bits per heavy atom. The molecular weight excluding hydrogens is 343 g/mol. The highest BCUT2D eigenvalue weighted by Gasteiger charge is 2.45. The van der Waals surface area contributed by atoms with Crippen molar-refractivity contribution in [3.63, 3.8) is 0 Å². The molecule has 1 aliphatic rings. The van der Waals surface area contributed by atoms with Crippen LogP contribution in [0.15, 0.2) is 48.5 Å². The fourth-order valence-corrected chi connectivity index (χ4v) is 2.86. The average molecular weight is 359 g/mol. The Bertz CT molecular complexity index is 844. The Kier molecular flexibility index (Phi) is 4.78. The van der Waals surface area contributed by atoms with Gasteiger partial charge < -0.3 is 15.0 Å². The normalized spacial score (nSPS) is 16.5. The number of para-hydroxylation sites is 1. The van der Waals surface area contributed by atoms with E-state index in [0.29, 0.717) is 11.1 Å². The molecule has 1 aliphatic heterocycles. The molecule has 2 aromatic rings. The largest absolute Gasteiger partial charge is 0.547 e. The van der Waals surface area contributed by atoms with Crippen molar-refractivity contribution < 1.29 is 28.0 Å². The highest BCUT2D eigenvalue weighted by atomic mass is 19.3. The number of hydrogen-bond donors (Lipinski definition) is 2. The number of carbonyl (C=O) groups is 2. The number of halogens is 2. The van der Waals surface area contributed by atoms with Crippen LogP contribution in [0.1, 0.15) is 28.4 Å². The van der Waals surface area contributed by atoms with E-state index in [1.807, 2.05) is 0 Å². The highest BCUT2D eigenvalue weighted by Crippen LogP contribution is 2.32. The van der Waals surface area contributed by atoms with Crippen molar-refractivity contribution >= 4 is 18.8 Å². The van der Waals surface area contributed by atoms with Crippen LogP contribution in [0.4, 0.5) is 8.78 Å². The van der Waals surface area contributed by atoms with E-state index in [0.717, 1.165) is 12.1 Å². The van der Waals surface area contributed by atoms with Crippen LogP contribution in [0, 0.1) is 0 Å². The first kappa shape index (κ1) is 18.1.